The smallest absolute Gasteiger partial charge is 0.284 e. The highest BCUT2D eigenvalue weighted by atomic mass is 32.1. The quantitative estimate of drug-likeness (QED) is 0.796. The first-order valence-electron chi connectivity index (χ1n) is 7.15. The summed E-state index contributed by atoms with van der Waals surface area (Å²) in [6, 6.07) is 5.56. The number of carbonyl (C=O) groups excluding carboxylic acids is 1. The van der Waals surface area contributed by atoms with Gasteiger partial charge in [-0.1, -0.05) is 13.8 Å². The molecule has 0 radical (unpaired) electrons. The highest BCUT2D eigenvalue weighted by Crippen LogP contribution is 2.21. The van der Waals surface area contributed by atoms with Gasteiger partial charge in [0.2, 0.25) is 0 Å². The summed E-state index contributed by atoms with van der Waals surface area (Å²) >= 11 is 1.36. The highest BCUT2D eigenvalue weighted by Gasteiger charge is 2.13. The molecule has 1 aromatic carbocycles. The Morgan fingerprint density at radius 3 is 2.78 bits per heavy atom. The number of hydrogen-bond donors (Lipinski definition) is 1. The number of nitrogens with zero attached hydrogens (tertiary/aromatic N) is 5. The predicted octanol–water partition coefficient (Wildman–Crippen LogP) is 2.80. The molecule has 0 aliphatic carbocycles. The van der Waals surface area contributed by atoms with E-state index in [2.05, 4.69) is 39.7 Å². The van der Waals surface area contributed by atoms with Crippen molar-refractivity contribution < 1.29 is 4.79 Å². The van der Waals surface area contributed by atoms with Gasteiger partial charge in [-0.2, -0.15) is 0 Å². The topological polar surface area (TPSA) is 85.6 Å². The lowest BCUT2D eigenvalue weighted by Crippen LogP contribution is -2.12. The molecular weight excluding hydrogens is 312 g/mol. The Bertz CT molecular complexity index is 824. The molecule has 3 aromatic rings. The first-order chi connectivity index (χ1) is 11.0. The van der Waals surface area contributed by atoms with Crippen LogP contribution in [-0.4, -0.2) is 31.1 Å². The molecule has 7 nitrogen and oxygen atoms in total. The number of thiazole rings is 1. The van der Waals surface area contributed by atoms with Gasteiger partial charge in [-0.3, -0.25) is 4.79 Å². The second-order valence-corrected chi connectivity index (χ2v) is 6.30. The van der Waals surface area contributed by atoms with Gasteiger partial charge >= 0.3 is 0 Å². The molecule has 0 atom stereocenters. The van der Waals surface area contributed by atoms with E-state index in [1.165, 1.54) is 17.7 Å². The zero-order chi connectivity index (χ0) is 16.4. The fourth-order valence-electron chi connectivity index (χ4n) is 2.10. The minimum Gasteiger partial charge on any atom is -0.320 e. The van der Waals surface area contributed by atoms with Crippen LogP contribution in [0.1, 0.15) is 40.8 Å². The zero-order valence-corrected chi connectivity index (χ0v) is 13.8. The van der Waals surface area contributed by atoms with Gasteiger partial charge in [0.05, 0.1) is 11.4 Å². The summed E-state index contributed by atoms with van der Waals surface area (Å²) in [4.78, 5) is 16.6. The van der Waals surface area contributed by atoms with E-state index in [-0.39, 0.29) is 5.91 Å². The molecule has 0 spiro atoms. The third-order valence-corrected chi connectivity index (χ3v) is 4.22. The Balaban J connectivity index is 1.77. The van der Waals surface area contributed by atoms with Gasteiger partial charge in [-0.05, 0) is 47.0 Å². The summed E-state index contributed by atoms with van der Waals surface area (Å²) in [6.45, 7) is 6.04. The maximum Gasteiger partial charge on any atom is 0.284 e. The number of anilines is 1. The molecule has 3 rings (SSSR count). The van der Waals surface area contributed by atoms with E-state index in [4.69, 9.17) is 0 Å². The number of amides is 1. The van der Waals surface area contributed by atoms with Crippen molar-refractivity contribution in [3.63, 3.8) is 0 Å². The average Bonchev–Trinajstić information content (AvgIpc) is 3.19. The number of hydrogen-bond acceptors (Lipinski definition) is 6. The highest BCUT2D eigenvalue weighted by molar-refractivity contribution is 7.11. The van der Waals surface area contributed by atoms with E-state index in [1.807, 2.05) is 30.5 Å². The van der Waals surface area contributed by atoms with Crippen LogP contribution < -0.4 is 5.32 Å². The first kappa shape index (κ1) is 15.3. The normalized spacial score (nSPS) is 11.0. The maximum absolute atomic E-state index is 12.3. The largest absolute Gasteiger partial charge is 0.320 e. The summed E-state index contributed by atoms with van der Waals surface area (Å²) in [5.74, 6) is 0.113. The van der Waals surface area contributed by atoms with Crippen molar-refractivity contribution in [2.45, 2.75) is 26.7 Å². The molecule has 0 fully saturated rings. The third kappa shape index (κ3) is 3.26. The lowest BCUT2D eigenvalue weighted by atomic mass is 10.1. The van der Waals surface area contributed by atoms with Crippen LogP contribution in [0.4, 0.5) is 5.69 Å². The van der Waals surface area contributed by atoms with E-state index in [0.717, 1.165) is 16.9 Å². The Morgan fingerprint density at radius 2 is 2.17 bits per heavy atom. The van der Waals surface area contributed by atoms with Crippen molar-refractivity contribution in [2.24, 2.45) is 0 Å². The molecule has 2 aromatic heterocycles. The van der Waals surface area contributed by atoms with E-state index >= 15 is 0 Å². The second-order valence-electron chi connectivity index (χ2n) is 5.44. The van der Waals surface area contributed by atoms with Gasteiger partial charge in [0.15, 0.2) is 5.01 Å². The molecule has 2 heterocycles. The van der Waals surface area contributed by atoms with Crippen LogP contribution in [0.15, 0.2) is 29.9 Å². The molecule has 0 saturated carbocycles. The Labute approximate surface area is 137 Å². The fourth-order valence-corrected chi connectivity index (χ4v) is 2.98. The van der Waals surface area contributed by atoms with Crippen LogP contribution in [0.5, 0.6) is 0 Å². The predicted molar refractivity (Wildman–Crippen MR) is 88.0 cm³/mol. The van der Waals surface area contributed by atoms with Crippen molar-refractivity contribution in [3.8, 4) is 5.69 Å². The van der Waals surface area contributed by atoms with Gasteiger partial charge in [0.1, 0.15) is 6.33 Å². The minimum atomic E-state index is -0.198. The number of benzene rings is 1. The van der Waals surface area contributed by atoms with Crippen molar-refractivity contribution in [1.82, 2.24) is 25.2 Å². The van der Waals surface area contributed by atoms with Gasteiger partial charge in [0.25, 0.3) is 5.91 Å². The molecule has 23 heavy (non-hydrogen) atoms. The number of nitrogens with one attached hydrogen (secondary N) is 1. The molecule has 1 N–H and O–H groups in total. The summed E-state index contributed by atoms with van der Waals surface area (Å²) in [7, 11) is 0. The second kappa shape index (κ2) is 6.25. The van der Waals surface area contributed by atoms with Gasteiger partial charge in [-0.15, -0.1) is 16.4 Å². The van der Waals surface area contributed by atoms with Crippen molar-refractivity contribution in [2.75, 3.05) is 5.32 Å². The molecule has 0 aliphatic rings. The van der Waals surface area contributed by atoms with Crippen LogP contribution in [0.3, 0.4) is 0 Å². The van der Waals surface area contributed by atoms with Crippen LogP contribution in [0, 0.1) is 6.92 Å². The first-order valence-corrected chi connectivity index (χ1v) is 8.03. The fraction of sp³-hybridized carbons (Fsp3) is 0.267. The molecule has 118 valence electrons. The number of tetrazole rings is 1. The summed E-state index contributed by atoms with van der Waals surface area (Å²) in [5, 5.41) is 16.4. The van der Waals surface area contributed by atoms with E-state index in [0.29, 0.717) is 16.6 Å². The standard InChI is InChI=1S/C15H16N6OS/c1-9(2)12-7-23-15(18-12)14(22)17-11-4-5-13(10(3)6-11)21-8-16-19-20-21/h4-9H,1-3H3,(H,17,22). The number of aromatic nitrogens is 5. The summed E-state index contributed by atoms with van der Waals surface area (Å²) < 4.78 is 1.58. The lowest BCUT2D eigenvalue weighted by Gasteiger charge is -2.08. The van der Waals surface area contributed by atoms with Crippen LogP contribution in [-0.2, 0) is 0 Å². The minimum absolute atomic E-state index is 0.198. The maximum atomic E-state index is 12.3. The Kier molecular flexibility index (Phi) is 4.16. The van der Waals surface area contributed by atoms with E-state index in [9.17, 15) is 4.79 Å². The lowest BCUT2D eigenvalue weighted by molar-refractivity contribution is 0.102. The van der Waals surface area contributed by atoms with Crippen LogP contribution in [0.2, 0.25) is 0 Å². The summed E-state index contributed by atoms with van der Waals surface area (Å²) in [6.07, 6.45) is 1.53. The van der Waals surface area contributed by atoms with Crippen LogP contribution >= 0.6 is 11.3 Å². The molecule has 8 heteroatoms. The molecule has 0 saturated heterocycles. The van der Waals surface area contributed by atoms with E-state index < -0.39 is 0 Å². The van der Waals surface area contributed by atoms with Crippen molar-refractivity contribution >= 4 is 22.9 Å². The van der Waals surface area contributed by atoms with Gasteiger partial charge in [-0.25, -0.2) is 9.67 Å². The summed E-state index contributed by atoms with van der Waals surface area (Å²) in [5.41, 5.74) is 3.47. The zero-order valence-electron chi connectivity index (χ0n) is 13.0. The van der Waals surface area contributed by atoms with Crippen molar-refractivity contribution in [3.05, 3.63) is 46.2 Å². The number of aryl methyl sites for hydroxylation is 1. The molecule has 0 aliphatic heterocycles. The molecule has 1 amide bonds. The number of rotatable bonds is 4. The SMILES string of the molecule is Cc1cc(NC(=O)c2nc(C(C)C)cs2)ccc1-n1cnnn1. The number of carbonyl (C=O) groups is 1. The molecule has 0 bridgehead atoms. The molecular formula is C15H16N6OS. The van der Waals surface area contributed by atoms with Gasteiger partial charge < -0.3 is 5.32 Å². The van der Waals surface area contributed by atoms with Gasteiger partial charge in [0, 0.05) is 11.1 Å². The Hall–Kier alpha value is -2.61. The van der Waals surface area contributed by atoms with Crippen molar-refractivity contribution in [1.29, 1.82) is 0 Å². The monoisotopic (exact) mass is 328 g/mol. The Morgan fingerprint density at radius 1 is 1.35 bits per heavy atom. The van der Waals surface area contributed by atoms with Crippen LogP contribution in [0.25, 0.3) is 5.69 Å². The molecule has 0 unspecified atom stereocenters. The van der Waals surface area contributed by atoms with E-state index in [1.54, 1.807) is 4.68 Å². The third-order valence-electron chi connectivity index (χ3n) is 3.36. The average molecular weight is 328 g/mol.